The number of ether oxygens (including phenoxy) is 3. The molecule has 0 unspecified atom stereocenters. The van der Waals surface area contributed by atoms with Crippen LogP contribution in [0.15, 0.2) is 23.1 Å². The molecular weight excluding hydrogens is 408 g/mol. The van der Waals surface area contributed by atoms with E-state index in [0.717, 1.165) is 4.90 Å². The minimum Gasteiger partial charge on any atom is -0.490 e. The number of hydrogen-bond donors (Lipinski definition) is 0. The minimum absolute atomic E-state index is 0.0814. The minimum atomic E-state index is -3.01. The molecule has 1 aliphatic rings. The van der Waals surface area contributed by atoms with E-state index in [1.807, 2.05) is 6.92 Å². The van der Waals surface area contributed by atoms with Gasteiger partial charge in [0.05, 0.1) is 17.6 Å². The number of nitrogens with zero attached hydrogens (tertiary/aromatic N) is 1. The Balaban J connectivity index is 2.18. The first-order valence-electron chi connectivity index (χ1n) is 8.91. The van der Waals surface area contributed by atoms with E-state index in [4.69, 9.17) is 9.47 Å². The highest BCUT2D eigenvalue weighted by molar-refractivity contribution is 8.18. The molecule has 1 aromatic carbocycles. The standard InChI is InChI=1S/C19H21F2NO6S/c1-4-11(3)27-16(23)10-22-17(24)15(29-19(22)25)9-12-6-7-13(28-18(20)21)14(8-12)26-5-2/h6-9,11,18H,4-5,10H2,1-3H3/b15-9-/t11-/m0/s1. The molecule has 1 aliphatic heterocycles. The van der Waals surface area contributed by atoms with Gasteiger partial charge in [0.1, 0.15) is 6.54 Å². The Labute approximate surface area is 171 Å². The number of benzene rings is 1. The van der Waals surface area contributed by atoms with E-state index in [0.29, 0.717) is 23.7 Å². The van der Waals surface area contributed by atoms with Gasteiger partial charge in [-0.2, -0.15) is 8.78 Å². The lowest BCUT2D eigenvalue weighted by atomic mass is 10.2. The van der Waals surface area contributed by atoms with Crippen molar-refractivity contribution in [2.75, 3.05) is 13.2 Å². The average Bonchev–Trinajstić information content (AvgIpc) is 2.91. The summed E-state index contributed by atoms with van der Waals surface area (Å²) in [6.45, 7) is 1.97. The van der Waals surface area contributed by atoms with Gasteiger partial charge in [0.15, 0.2) is 11.5 Å². The van der Waals surface area contributed by atoms with Crippen molar-refractivity contribution in [2.45, 2.75) is 39.9 Å². The third-order valence-electron chi connectivity index (χ3n) is 3.85. The molecule has 1 heterocycles. The van der Waals surface area contributed by atoms with Crippen molar-refractivity contribution in [1.29, 1.82) is 0 Å². The molecule has 7 nitrogen and oxygen atoms in total. The van der Waals surface area contributed by atoms with Crippen molar-refractivity contribution >= 4 is 35.0 Å². The average molecular weight is 429 g/mol. The van der Waals surface area contributed by atoms with Gasteiger partial charge in [-0.15, -0.1) is 0 Å². The van der Waals surface area contributed by atoms with Crippen molar-refractivity contribution in [3.8, 4) is 11.5 Å². The van der Waals surface area contributed by atoms with E-state index in [-0.39, 0.29) is 29.1 Å². The fraction of sp³-hybridized carbons (Fsp3) is 0.421. The van der Waals surface area contributed by atoms with E-state index >= 15 is 0 Å². The highest BCUT2D eigenvalue weighted by Gasteiger charge is 2.36. The molecule has 29 heavy (non-hydrogen) atoms. The highest BCUT2D eigenvalue weighted by atomic mass is 32.2. The molecule has 0 aliphatic carbocycles. The van der Waals surface area contributed by atoms with Crippen molar-refractivity contribution in [3.63, 3.8) is 0 Å². The van der Waals surface area contributed by atoms with Crippen LogP contribution in [-0.4, -0.2) is 47.9 Å². The smallest absolute Gasteiger partial charge is 0.387 e. The van der Waals surface area contributed by atoms with Gasteiger partial charge >= 0.3 is 12.6 Å². The van der Waals surface area contributed by atoms with Gasteiger partial charge in [0, 0.05) is 0 Å². The zero-order chi connectivity index (χ0) is 21.6. The topological polar surface area (TPSA) is 82.1 Å². The molecular formula is C19H21F2NO6S. The number of imide groups is 1. The molecule has 1 saturated heterocycles. The summed E-state index contributed by atoms with van der Waals surface area (Å²) in [4.78, 5) is 37.4. The quantitative estimate of drug-likeness (QED) is 0.432. The Hall–Kier alpha value is -2.62. The van der Waals surface area contributed by atoms with Gasteiger partial charge in [0.25, 0.3) is 11.1 Å². The summed E-state index contributed by atoms with van der Waals surface area (Å²) in [6.07, 6.45) is 1.71. The van der Waals surface area contributed by atoms with E-state index in [9.17, 15) is 23.2 Å². The van der Waals surface area contributed by atoms with Gasteiger partial charge in [-0.05, 0) is 55.8 Å². The van der Waals surface area contributed by atoms with E-state index in [2.05, 4.69) is 4.74 Å². The van der Waals surface area contributed by atoms with Crippen LogP contribution >= 0.6 is 11.8 Å². The molecule has 10 heteroatoms. The van der Waals surface area contributed by atoms with Crippen LogP contribution in [0.4, 0.5) is 13.6 Å². The number of carbonyl (C=O) groups excluding carboxylic acids is 3. The molecule has 0 saturated carbocycles. The first-order valence-corrected chi connectivity index (χ1v) is 9.73. The zero-order valence-corrected chi connectivity index (χ0v) is 17.0. The second kappa shape index (κ2) is 10.2. The van der Waals surface area contributed by atoms with Gasteiger partial charge in [-0.3, -0.25) is 19.3 Å². The van der Waals surface area contributed by atoms with Crippen LogP contribution in [0.1, 0.15) is 32.8 Å². The summed E-state index contributed by atoms with van der Waals surface area (Å²) in [5, 5.41) is -0.593. The van der Waals surface area contributed by atoms with Gasteiger partial charge in [0.2, 0.25) is 0 Å². The fourth-order valence-electron chi connectivity index (χ4n) is 2.34. The monoisotopic (exact) mass is 429 g/mol. The number of alkyl halides is 2. The van der Waals surface area contributed by atoms with E-state index in [1.165, 1.54) is 24.3 Å². The second-order valence-electron chi connectivity index (χ2n) is 5.99. The maximum atomic E-state index is 12.5. The number of carbonyl (C=O) groups is 3. The number of hydrogen-bond acceptors (Lipinski definition) is 7. The SMILES string of the molecule is CCOc1cc(/C=C2\SC(=O)N(CC(=O)O[C@@H](C)CC)C2=O)ccc1OC(F)F. The fourth-order valence-corrected chi connectivity index (χ4v) is 3.18. The maximum absolute atomic E-state index is 12.5. The number of halogens is 2. The van der Waals surface area contributed by atoms with Crippen LogP contribution in [0.5, 0.6) is 11.5 Å². The lowest BCUT2D eigenvalue weighted by molar-refractivity contribution is -0.150. The third-order valence-corrected chi connectivity index (χ3v) is 4.76. The predicted octanol–water partition coefficient (Wildman–Crippen LogP) is 4.06. The number of rotatable bonds is 9. The number of amides is 2. The Morgan fingerprint density at radius 3 is 2.59 bits per heavy atom. The lowest BCUT2D eigenvalue weighted by Crippen LogP contribution is -2.35. The molecule has 0 aromatic heterocycles. The molecule has 1 aromatic rings. The van der Waals surface area contributed by atoms with Gasteiger partial charge in [-0.25, -0.2) is 0 Å². The molecule has 1 atom stereocenters. The van der Waals surface area contributed by atoms with E-state index < -0.39 is 30.3 Å². The van der Waals surface area contributed by atoms with Crippen LogP contribution in [0.2, 0.25) is 0 Å². The highest BCUT2D eigenvalue weighted by Crippen LogP contribution is 2.35. The Morgan fingerprint density at radius 1 is 1.24 bits per heavy atom. The summed E-state index contributed by atoms with van der Waals surface area (Å²) in [6, 6.07) is 4.16. The molecule has 0 radical (unpaired) electrons. The van der Waals surface area contributed by atoms with Crippen molar-refractivity contribution < 1.29 is 37.4 Å². The largest absolute Gasteiger partial charge is 0.490 e. The summed E-state index contributed by atoms with van der Waals surface area (Å²) in [5.74, 6) is -1.36. The van der Waals surface area contributed by atoms with Crippen LogP contribution < -0.4 is 9.47 Å². The first-order chi connectivity index (χ1) is 13.7. The number of esters is 1. The van der Waals surface area contributed by atoms with Crippen molar-refractivity contribution in [3.05, 3.63) is 28.7 Å². The van der Waals surface area contributed by atoms with Gasteiger partial charge < -0.3 is 14.2 Å². The summed E-state index contributed by atoms with van der Waals surface area (Å²) in [7, 11) is 0. The first kappa shape index (κ1) is 22.7. The molecule has 0 spiro atoms. The molecule has 0 N–H and O–H groups in total. The van der Waals surface area contributed by atoms with Crippen LogP contribution in [0, 0.1) is 0 Å². The number of thioether (sulfide) groups is 1. The van der Waals surface area contributed by atoms with Crippen LogP contribution in [-0.2, 0) is 14.3 Å². The Bertz CT molecular complexity index is 814. The molecule has 2 amide bonds. The van der Waals surface area contributed by atoms with Crippen LogP contribution in [0.25, 0.3) is 6.08 Å². The second-order valence-corrected chi connectivity index (χ2v) is 6.99. The Morgan fingerprint density at radius 2 is 1.97 bits per heavy atom. The van der Waals surface area contributed by atoms with E-state index in [1.54, 1.807) is 13.8 Å². The Kier molecular flexibility index (Phi) is 8.00. The zero-order valence-electron chi connectivity index (χ0n) is 16.1. The van der Waals surface area contributed by atoms with Crippen LogP contribution in [0.3, 0.4) is 0 Å². The predicted molar refractivity (Wildman–Crippen MR) is 103 cm³/mol. The van der Waals surface area contributed by atoms with Crippen molar-refractivity contribution in [2.24, 2.45) is 0 Å². The third kappa shape index (κ3) is 6.18. The lowest BCUT2D eigenvalue weighted by Gasteiger charge is -2.14. The maximum Gasteiger partial charge on any atom is 0.387 e. The van der Waals surface area contributed by atoms with Gasteiger partial charge in [-0.1, -0.05) is 13.0 Å². The molecule has 2 rings (SSSR count). The molecule has 0 bridgehead atoms. The normalized spacial score (nSPS) is 16.5. The molecule has 1 fully saturated rings. The summed E-state index contributed by atoms with van der Waals surface area (Å²) < 4.78 is 39.8. The van der Waals surface area contributed by atoms with Crippen molar-refractivity contribution in [1.82, 2.24) is 4.90 Å². The summed E-state index contributed by atoms with van der Waals surface area (Å²) >= 11 is 0.676. The molecule has 158 valence electrons. The summed E-state index contributed by atoms with van der Waals surface area (Å²) in [5.41, 5.74) is 0.447.